The number of aryl methyl sites for hydroxylation is 1. The van der Waals surface area contributed by atoms with Gasteiger partial charge in [0.15, 0.2) is 5.78 Å². The van der Waals surface area contributed by atoms with E-state index in [9.17, 15) is 9.59 Å². The highest BCUT2D eigenvalue weighted by molar-refractivity contribution is 6.37. The van der Waals surface area contributed by atoms with Crippen molar-refractivity contribution in [2.75, 3.05) is 13.6 Å². The molecule has 0 spiro atoms. The van der Waals surface area contributed by atoms with Crippen LogP contribution < -0.4 is 5.62 Å². The van der Waals surface area contributed by atoms with E-state index in [1.165, 1.54) is 6.07 Å². The summed E-state index contributed by atoms with van der Waals surface area (Å²) in [6, 6.07) is 19.2. The fraction of sp³-hybridized carbons (Fsp3) is 0.192. The lowest BCUT2D eigenvalue weighted by molar-refractivity contribution is 0.0791. The van der Waals surface area contributed by atoms with Crippen LogP contribution in [0.1, 0.15) is 27.1 Å². The minimum absolute atomic E-state index is 0.0624. The molecule has 0 aliphatic carbocycles. The Labute approximate surface area is 217 Å². The first kappa shape index (κ1) is 25.0. The topological polar surface area (TPSA) is 71.1 Å². The molecule has 4 rings (SSSR count). The van der Waals surface area contributed by atoms with Gasteiger partial charge in [-0.1, -0.05) is 59.1 Å². The SMILES string of the molecule is CN(CCCn1c(=N)n(CC(=O)c2ccc(Cl)cc2Cl)c2cccc(Cl)c21)C(=O)c1ccccc1. The zero-order chi connectivity index (χ0) is 25.1. The Balaban J connectivity index is 1.57. The summed E-state index contributed by atoms with van der Waals surface area (Å²) in [6.45, 7) is 0.876. The molecule has 1 heterocycles. The lowest BCUT2D eigenvalue weighted by Gasteiger charge is -2.17. The van der Waals surface area contributed by atoms with Crippen molar-refractivity contribution < 1.29 is 9.59 Å². The number of hydrogen-bond donors (Lipinski definition) is 1. The molecule has 1 N–H and O–H groups in total. The molecule has 0 bridgehead atoms. The van der Waals surface area contributed by atoms with Crippen LogP contribution in [0.4, 0.5) is 0 Å². The van der Waals surface area contributed by atoms with Gasteiger partial charge < -0.3 is 14.0 Å². The van der Waals surface area contributed by atoms with Crippen LogP contribution in [0.25, 0.3) is 11.0 Å². The number of amides is 1. The predicted molar refractivity (Wildman–Crippen MR) is 140 cm³/mol. The van der Waals surface area contributed by atoms with Crippen LogP contribution in [0.2, 0.25) is 15.1 Å². The number of aromatic nitrogens is 2. The number of carbonyl (C=O) groups excluding carboxylic acids is 2. The second kappa shape index (κ2) is 10.7. The molecule has 3 aromatic carbocycles. The van der Waals surface area contributed by atoms with Gasteiger partial charge in [-0.15, -0.1) is 0 Å². The van der Waals surface area contributed by atoms with Crippen molar-refractivity contribution >= 4 is 57.5 Å². The number of ketones is 1. The third-order valence-electron chi connectivity index (χ3n) is 5.81. The normalized spacial score (nSPS) is 11.1. The van der Waals surface area contributed by atoms with Gasteiger partial charge in [-0.25, -0.2) is 0 Å². The summed E-state index contributed by atoms with van der Waals surface area (Å²) < 4.78 is 3.39. The van der Waals surface area contributed by atoms with Gasteiger partial charge in [0.25, 0.3) is 5.91 Å². The molecule has 0 unspecified atom stereocenters. The fourth-order valence-electron chi connectivity index (χ4n) is 4.05. The van der Waals surface area contributed by atoms with E-state index in [0.717, 1.165) is 0 Å². The largest absolute Gasteiger partial charge is 0.342 e. The summed E-state index contributed by atoms with van der Waals surface area (Å²) in [5.74, 6) is -0.301. The molecule has 1 amide bonds. The van der Waals surface area contributed by atoms with Crippen molar-refractivity contribution in [3.8, 4) is 0 Å². The number of para-hydroxylation sites is 1. The predicted octanol–water partition coefficient (Wildman–Crippen LogP) is 5.93. The van der Waals surface area contributed by atoms with E-state index in [2.05, 4.69) is 0 Å². The molecule has 0 atom stereocenters. The second-order valence-corrected chi connectivity index (χ2v) is 9.41. The summed E-state index contributed by atoms with van der Waals surface area (Å²) in [6.07, 6.45) is 0.604. The highest BCUT2D eigenvalue weighted by atomic mass is 35.5. The van der Waals surface area contributed by atoms with Gasteiger partial charge in [-0.05, 0) is 48.9 Å². The zero-order valence-corrected chi connectivity index (χ0v) is 21.2. The van der Waals surface area contributed by atoms with Crippen molar-refractivity contribution in [1.82, 2.24) is 14.0 Å². The maximum atomic E-state index is 13.0. The summed E-state index contributed by atoms with van der Waals surface area (Å²) in [7, 11) is 1.76. The van der Waals surface area contributed by atoms with E-state index < -0.39 is 0 Å². The number of nitrogens with zero attached hydrogens (tertiary/aromatic N) is 3. The van der Waals surface area contributed by atoms with Gasteiger partial charge in [-0.3, -0.25) is 15.0 Å². The van der Waals surface area contributed by atoms with E-state index in [1.807, 2.05) is 24.3 Å². The van der Waals surface area contributed by atoms with Crippen LogP contribution in [-0.4, -0.2) is 39.3 Å². The molecular weight excluding hydrogens is 507 g/mol. The zero-order valence-electron chi connectivity index (χ0n) is 19.0. The van der Waals surface area contributed by atoms with Crippen molar-refractivity contribution in [3.63, 3.8) is 0 Å². The number of hydrogen-bond acceptors (Lipinski definition) is 3. The molecule has 4 aromatic rings. The molecule has 0 radical (unpaired) electrons. The second-order valence-electron chi connectivity index (χ2n) is 8.16. The first-order chi connectivity index (χ1) is 16.8. The van der Waals surface area contributed by atoms with E-state index in [4.69, 9.17) is 40.2 Å². The first-order valence-corrected chi connectivity index (χ1v) is 12.1. The molecule has 35 heavy (non-hydrogen) atoms. The smallest absolute Gasteiger partial charge is 0.253 e. The van der Waals surface area contributed by atoms with Crippen molar-refractivity contribution in [2.45, 2.75) is 19.5 Å². The molecule has 6 nitrogen and oxygen atoms in total. The number of Topliss-reactive ketones (excluding diaryl/α,β-unsaturated/α-hetero) is 1. The van der Waals surface area contributed by atoms with Gasteiger partial charge in [0.05, 0.1) is 27.6 Å². The van der Waals surface area contributed by atoms with E-state index in [0.29, 0.717) is 51.7 Å². The van der Waals surface area contributed by atoms with Crippen LogP contribution in [-0.2, 0) is 13.1 Å². The molecular formula is C26H23Cl3N4O2. The number of nitrogens with one attached hydrogen (secondary N) is 1. The number of carbonyl (C=O) groups is 2. The minimum Gasteiger partial charge on any atom is -0.342 e. The summed E-state index contributed by atoms with van der Waals surface area (Å²) >= 11 is 18.7. The molecule has 180 valence electrons. The molecule has 9 heteroatoms. The van der Waals surface area contributed by atoms with Gasteiger partial charge in [0, 0.05) is 36.3 Å². The number of rotatable bonds is 8. The third-order valence-corrected chi connectivity index (χ3v) is 6.67. The monoisotopic (exact) mass is 528 g/mol. The molecule has 0 aliphatic rings. The maximum Gasteiger partial charge on any atom is 0.253 e. The number of imidazole rings is 1. The van der Waals surface area contributed by atoms with Gasteiger partial charge >= 0.3 is 0 Å². The van der Waals surface area contributed by atoms with Gasteiger partial charge in [-0.2, -0.15) is 0 Å². The third kappa shape index (κ3) is 5.30. The maximum absolute atomic E-state index is 13.0. The van der Waals surface area contributed by atoms with Crippen LogP contribution in [0.3, 0.4) is 0 Å². The Morgan fingerprint density at radius 1 is 0.914 bits per heavy atom. The lowest BCUT2D eigenvalue weighted by Crippen LogP contribution is -2.31. The van der Waals surface area contributed by atoms with E-state index in [1.54, 1.807) is 57.5 Å². The van der Waals surface area contributed by atoms with Crippen molar-refractivity contribution in [1.29, 1.82) is 5.41 Å². The Morgan fingerprint density at radius 3 is 2.37 bits per heavy atom. The highest BCUT2D eigenvalue weighted by Crippen LogP contribution is 2.25. The number of halogens is 3. The van der Waals surface area contributed by atoms with E-state index >= 15 is 0 Å². The van der Waals surface area contributed by atoms with Gasteiger partial charge in [0.1, 0.15) is 0 Å². The number of fused-ring (bicyclic) bond motifs is 1. The Bertz CT molecular complexity index is 1460. The Hall–Kier alpha value is -3.06. The Kier molecular flexibility index (Phi) is 7.65. The highest BCUT2D eigenvalue weighted by Gasteiger charge is 2.19. The standard InChI is InChI=1S/C26H23Cl3N4O2/c1-31(25(35)17-7-3-2-4-8-17)13-6-14-32-24-20(28)9-5-10-22(24)33(26(32)30)16-23(34)19-12-11-18(27)15-21(19)29/h2-5,7-12,15,30H,6,13-14,16H2,1H3. The summed E-state index contributed by atoms with van der Waals surface area (Å²) in [5, 5.41) is 10.00. The van der Waals surface area contributed by atoms with Crippen LogP contribution in [0.5, 0.6) is 0 Å². The van der Waals surface area contributed by atoms with Crippen LogP contribution >= 0.6 is 34.8 Å². The van der Waals surface area contributed by atoms with Crippen LogP contribution in [0.15, 0.2) is 66.7 Å². The molecule has 0 saturated carbocycles. The lowest BCUT2D eigenvalue weighted by atomic mass is 10.1. The van der Waals surface area contributed by atoms with Crippen molar-refractivity contribution in [2.24, 2.45) is 0 Å². The quantitative estimate of drug-likeness (QED) is 0.288. The van der Waals surface area contributed by atoms with Gasteiger partial charge in [0.2, 0.25) is 5.62 Å². The van der Waals surface area contributed by atoms with E-state index in [-0.39, 0.29) is 28.9 Å². The van der Waals surface area contributed by atoms with Crippen LogP contribution in [0, 0.1) is 5.41 Å². The summed E-state index contributed by atoms with van der Waals surface area (Å²) in [4.78, 5) is 27.3. The molecule has 0 aliphatic heterocycles. The fourth-order valence-corrected chi connectivity index (χ4v) is 4.83. The number of benzene rings is 3. The average Bonchev–Trinajstić information content (AvgIpc) is 3.11. The average molecular weight is 530 g/mol. The molecule has 0 saturated heterocycles. The summed E-state index contributed by atoms with van der Waals surface area (Å²) in [5.41, 5.74) is 2.46. The molecule has 0 fully saturated rings. The van der Waals surface area contributed by atoms with Crippen molar-refractivity contribution in [3.05, 3.63) is 98.5 Å². The molecule has 1 aromatic heterocycles. The first-order valence-electron chi connectivity index (χ1n) is 11.0. The minimum atomic E-state index is -0.239. The Morgan fingerprint density at radius 2 is 1.66 bits per heavy atom.